The van der Waals surface area contributed by atoms with Gasteiger partial charge in [0.2, 0.25) is 0 Å². The van der Waals surface area contributed by atoms with E-state index in [-0.39, 0.29) is 6.09 Å². The minimum Gasteiger partial charge on any atom is -0.444 e. The van der Waals surface area contributed by atoms with Gasteiger partial charge in [0.1, 0.15) is 5.60 Å². The highest BCUT2D eigenvalue weighted by Gasteiger charge is 2.29. The summed E-state index contributed by atoms with van der Waals surface area (Å²) in [4.78, 5) is 11.5. The van der Waals surface area contributed by atoms with Crippen molar-refractivity contribution >= 4 is 6.09 Å². The van der Waals surface area contributed by atoms with E-state index < -0.39 is 5.60 Å². The molecule has 4 nitrogen and oxygen atoms in total. The van der Waals surface area contributed by atoms with Gasteiger partial charge >= 0.3 is 6.09 Å². The number of hydrogen-bond acceptors (Lipinski definition) is 3. The molecule has 1 aliphatic carbocycles. The number of carbonyl (C=O) groups is 1. The first-order chi connectivity index (χ1) is 10.8. The van der Waals surface area contributed by atoms with Gasteiger partial charge in [0.05, 0.1) is 0 Å². The molecule has 1 saturated carbocycles. The van der Waals surface area contributed by atoms with Gasteiger partial charge in [-0.25, -0.2) is 4.79 Å². The molecule has 0 unspecified atom stereocenters. The third kappa shape index (κ3) is 6.22. The maximum absolute atomic E-state index is 11.5. The molecule has 128 valence electrons. The van der Waals surface area contributed by atoms with Gasteiger partial charge in [0.25, 0.3) is 0 Å². The van der Waals surface area contributed by atoms with E-state index in [0.29, 0.717) is 18.5 Å². The number of benzene rings is 1. The molecule has 1 aromatic rings. The Bertz CT molecular complexity index is 516. The van der Waals surface area contributed by atoms with Gasteiger partial charge in [-0.2, -0.15) is 0 Å². The van der Waals surface area contributed by atoms with Crippen molar-refractivity contribution in [3.8, 4) is 0 Å². The van der Waals surface area contributed by atoms with Crippen LogP contribution in [0.1, 0.15) is 57.1 Å². The predicted molar refractivity (Wildman–Crippen MR) is 93.8 cm³/mol. The number of amides is 1. The quantitative estimate of drug-likeness (QED) is 0.786. The lowest BCUT2D eigenvalue weighted by Gasteiger charge is -2.36. The molecule has 0 heterocycles. The van der Waals surface area contributed by atoms with Crippen molar-refractivity contribution < 1.29 is 9.53 Å². The fourth-order valence-corrected chi connectivity index (χ4v) is 2.88. The number of nitrogens with one attached hydrogen (secondary N) is 2. The third-order valence-corrected chi connectivity index (χ3v) is 4.11. The molecule has 1 aromatic carbocycles. The van der Waals surface area contributed by atoms with Gasteiger partial charge in [-0.15, -0.1) is 0 Å². The normalized spacial score (nSPS) is 20.7. The summed E-state index contributed by atoms with van der Waals surface area (Å²) in [5.74, 6) is 0.701. The van der Waals surface area contributed by atoms with E-state index in [1.165, 1.54) is 24.0 Å². The van der Waals surface area contributed by atoms with E-state index in [4.69, 9.17) is 4.74 Å². The van der Waals surface area contributed by atoms with Gasteiger partial charge in [0.15, 0.2) is 0 Å². The van der Waals surface area contributed by atoms with Gasteiger partial charge in [-0.3, -0.25) is 0 Å². The van der Waals surface area contributed by atoms with Crippen molar-refractivity contribution in [1.82, 2.24) is 10.6 Å². The average molecular weight is 318 g/mol. The predicted octanol–water partition coefficient (Wildman–Crippen LogP) is 3.75. The number of aryl methyl sites for hydroxylation is 1. The molecule has 4 heteroatoms. The Morgan fingerprint density at radius 1 is 1.26 bits per heavy atom. The minimum atomic E-state index is -0.431. The molecule has 0 saturated heterocycles. The Hall–Kier alpha value is -1.55. The first kappa shape index (κ1) is 17.8. The SMILES string of the molecule is Cc1cccc(C2CC(NCCCNC(=O)OC(C)(C)C)C2)c1. The zero-order valence-corrected chi connectivity index (χ0v) is 14.8. The lowest BCUT2D eigenvalue weighted by Crippen LogP contribution is -2.41. The van der Waals surface area contributed by atoms with Crippen LogP contribution in [0.3, 0.4) is 0 Å². The fourth-order valence-electron chi connectivity index (χ4n) is 2.88. The van der Waals surface area contributed by atoms with Crippen LogP contribution in [-0.2, 0) is 4.74 Å². The molecular formula is C19H30N2O2. The smallest absolute Gasteiger partial charge is 0.407 e. The molecular weight excluding hydrogens is 288 g/mol. The monoisotopic (exact) mass is 318 g/mol. The Labute approximate surface area is 140 Å². The Kier molecular flexibility index (Phi) is 6.05. The summed E-state index contributed by atoms with van der Waals surface area (Å²) >= 11 is 0. The summed E-state index contributed by atoms with van der Waals surface area (Å²) in [5.41, 5.74) is 2.38. The van der Waals surface area contributed by atoms with E-state index in [1.807, 2.05) is 20.8 Å². The Morgan fingerprint density at radius 3 is 2.65 bits per heavy atom. The molecule has 2 rings (SSSR count). The first-order valence-electron chi connectivity index (χ1n) is 8.60. The summed E-state index contributed by atoms with van der Waals surface area (Å²) in [6.07, 6.45) is 3.01. The second-order valence-corrected chi connectivity index (χ2v) is 7.52. The molecule has 0 bridgehead atoms. The topological polar surface area (TPSA) is 50.4 Å². The lowest BCUT2D eigenvalue weighted by atomic mass is 9.75. The van der Waals surface area contributed by atoms with E-state index in [2.05, 4.69) is 41.8 Å². The van der Waals surface area contributed by atoms with Gasteiger partial charge in [-0.1, -0.05) is 29.8 Å². The third-order valence-electron chi connectivity index (χ3n) is 4.11. The lowest BCUT2D eigenvalue weighted by molar-refractivity contribution is 0.0527. The van der Waals surface area contributed by atoms with Crippen molar-refractivity contribution in [2.75, 3.05) is 13.1 Å². The zero-order valence-electron chi connectivity index (χ0n) is 14.8. The molecule has 1 fully saturated rings. The number of rotatable bonds is 6. The van der Waals surface area contributed by atoms with E-state index in [0.717, 1.165) is 13.0 Å². The molecule has 0 aromatic heterocycles. The summed E-state index contributed by atoms with van der Waals surface area (Å²) < 4.78 is 5.20. The number of hydrogen-bond donors (Lipinski definition) is 2. The van der Waals surface area contributed by atoms with Gasteiger partial charge in [-0.05, 0) is 65.0 Å². The molecule has 1 amide bonds. The fraction of sp³-hybridized carbons (Fsp3) is 0.632. The molecule has 0 atom stereocenters. The molecule has 0 spiro atoms. The second kappa shape index (κ2) is 7.82. The molecule has 0 radical (unpaired) electrons. The van der Waals surface area contributed by atoms with Gasteiger partial charge in [0, 0.05) is 12.6 Å². The maximum Gasteiger partial charge on any atom is 0.407 e. The van der Waals surface area contributed by atoms with Crippen LogP contribution in [0.5, 0.6) is 0 Å². The average Bonchev–Trinajstić information content (AvgIpc) is 2.38. The van der Waals surface area contributed by atoms with Crippen LogP contribution in [0.25, 0.3) is 0 Å². The minimum absolute atomic E-state index is 0.333. The summed E-state index contributed by atoms with van der Waals surface area (Å²) in [6.45, 7) is 9.34. The number of ether oxygens (including phenoxy) is 1. The van der Waals surface area contributed by atoms with Gasteiger partial charge < -0.3 is 15.4 Å². The van der Waals surface area contributed by atoms with Crippen LogP contribution < -0.4 is 10.6 Å². The van der Waals surface area contributed by atoms with Crippen LogP contribution in [0.4, 0.5) is 4.79 Å². The molecule has 2 N–H and O–H groups in total. The van der Waals surface area contributed by atoms with Crippen molar-refractivity contribution in [3.63, 3.8) is 0 Å². The second-order valence-electron chi connectivity index (χ2n) is 7.52. The molecule has 1 aliphatic rings. The van der Waals surface area contributed by atoms with E-state index in [1.54, 1.807) is 0 Å². The molecule has 23 heavy (non-hydrogen) atoms. The van der Waals surface area contributed by atoms with Crippen molar-refractivity contribution in [3.05, 3.63) is 35.4 Å². The van der Waals surface area contributed by atoms with Crippen LogP contribution in [0.2, 0.25) is 0 Å². The van der Waals surface area contributed by atoms with Crippen molar-refractivity contribution in [2.45, 2.75) is 64.5 Å². The summed E-state index contributed by atoms with van der Waals surface area (Å²) in [7, 11) is 0. The highest BCUT2D eigenvalue weighted by Crippen LogP contribution is 2.36. The van der Waals surface area contributed by atoms with Crippen LogP contribution >= 0.6 is 0 Å². The largest absolute Gasteiger partial charge is 0.444 e. The summed E-state index contributed by atoms with van der Waals surface area (Å²) in [5, 5.41) is 6.35. The maximum atomic E-state index is 11.5. The van der Waals surface area contributed by atoms with Crippen LogP contribution in [0, 0.1) is 6.92 Å². The standard InChI is InChI=1S/C19H30N2O2/c1-14-7-5-8-15(11-14)16-12-17(13-16)20-9-6-10-21-18(22)23-19(2,3)4/h5,7-8,11,16-17,20H,6,9-10,12-13H2,1-4H3,(H,21,22). The van der Waals surface area contributed by atoms with Crippen LogP contribution in [0.15, 0.2) is 24.3 Å². The first-order valence-corrected chi connectivity index (χ1v) is 8.60. The van der Waals surface area contributed by atoms with Crippen molar-refractivity contribution in [1.29, 1.82) is 0 Å². The number of alkyl carbamates (subject to hydrolysis) is 1. The Balaban J connectivity index is 1.53. The van der Waals surface area contributed by atoms with Crippen LogP contribution in [-0.4, -0.2) is 30.8 Å². The van der Waals surface area contributed by atoms with E-state index >= 15 is 0 Å². The number of carbonyl (C=O) groups excluding carboxylic acids is 1. The highest BCUT2D eigenvalue weighted by atomic mass is 16.6. The highest BCUT2D eigenvalue weighted by molar-refractivity contribution is 5.67. The zero-order chi connectivity index (χ0) is 16.9. The Morgan fingerprint density at radius 2 is 2.00 bits per heavy atom. The van der Waals surface area contributed by atoms with E-state index in [9.17, 15) is 4.79 Å². The molecule has 0 aliphatic heterocycles. The summed E-state index contributed by atoms with van der Waals surface area (Å²) in [6, 6.07) is 9.44. The van der Waals surface area contributed by atoms with Crippen molar-refractivity contribution in [2.24, 2.45) is 0 Å².